The van der Waals surface area contributed by atoms with Gasteiger partial charge < -0.3 is 4.74 Å². The van der Waals surface area contributed by atoms with Gasteiger partial charge in [-0.3, -0.25) is 0 Å². The van der Waals surface area contributed by atoms with Gasteiger partial charge in [0, 0.05) is 16.6 Å². The fourth-order valence-electron chi connectivity index (χ4n) is 1.31. The molecule has 1 rings (SSSR count). The van der Waals surface area contributed by atoms with Crippen molar-refractivity contribution in [3.8, 4) is 5.75 Å². The molecule has 0 fully saturated rings. The van der Waals surface area contributed by atoms with Gasteiger partial charge in [-0.2, -0.15) is 8.78 Å². The van der Waals surface area contributed by atoms with Crippen LogP contribution < -0.4 is 9.46 Å². The molecule has 0 aliphatic rings. The molecule has 0 radical (unpaired) electrons. The van der Waals surface area contributed by atoms with Crippen LogP contribution in [0, 0.1) is 5.82 Å². The molecular formula is C12H15BrF3NO2S. The van der Waals surface area contributed by atoms with Crippen molar-refractivity contribution < 1.29 is 22.1 Å². The topological polar surface area (TPSA) is 38.3 Å². The first-order chi connectivity index (χ1) is 9.12. The zero-order chi connectivity index (χ0) is 15.5. The van der Waals surface area contributed by atoms with Crippen molar-refractivity contribution in [1.82, 2.24) is 4.72 Å². The molecule has 1 N–H and O–H groups in total. The Bertz CT molecular complexity index is 506. The molecule has 1 atom stereocenters. The summed E-state index contributed by atoms with van der Waals surface area (Å²) in [5.74, 6) is -1.44. The molecule has 0 spiro atoms. The lowest BCUT2D eigenvalue weighted by Crippen LogP contribution is -2.33. The smallest absolute Gasteiger partial charge is 0.387 e. The standard InChI is InChI=1S/C12H15BrF3NO2S/c1-12(2,3)20(18)17-6-7-8(13)4-5-9(14)10(7)19-11(15)16/h4-5,11,17H,6H2,1-3H3. The van der Waals surface area contributed by atoms with Gasteiger partial charge in [-0.25, -0.2) is 13.3 Å². The number of ether oxygens (including phenoxy) is 1. The quantitative estimate of drug-likeness (QED) is 0.853. The zero-order valence-corrected chi connectivity index (χ0v) is 13.6. The van der Waals surface area contributed by atoms with E-state index in [0.29, 0.717) is 4.47 Å². The Morgan fingerprint density at radius 2 is 2.00 bits per heavy atom. The van der Waals surface area contributed by atoms with Crippen molar-refractivity contribution in [3.63, 3.8) is 0 Å². The summed E-state index contributed by atoms with van der Waals surface area (Å²) in [7, 11) is -1.41. The van der Waals surface area contributed by atoms with E-state index in [4.69, 9.17) is 0 Å². The van der Waals surface area contributed by atoms with Crippen LogP contribution in [0.15, 0.2) is 16.6 Å². The van der Waals surface area contributed by atoms with Crippen molar-refractivity contribution >= 4 is 26.9 Å². The molecule has 0 aliphatic carbocycles. The first-order valence-electron chi connectivity index (χ1n) is 5.70. The van der Waals surface area contributed by atoms with E-state index in [1.54, 1.807) is 20.8 Å². The average Bonchev–Trinajstić information content (AvgIpc) is 2.31. The molecule has 0 amide bonds. The van der Waals surface area contributed by atoms with E-state index < -0.39 is 33.9 Å². The predicted molar refractivity (Wildman–Crippen MR) is 75.5 cm³/mol. The summed E-state index contributed by atoms with van der Waals surface area (Å²) in [5, 5.41) is 0. The Kier molecular flexibility index (Phi) is 6.03. The lowest BCUT2D eigenvalue weighted by Gasteiger charge is -2.19. The van der Waals surface area contributed by atoms with Crippen LogP contribution in [-0.4, -0.2) is 15.6 Å². The second-order valence-electron chi connectivity index (χ2n) is 4.92. The van der Waals surface area contributed by atoms with Crippen LogP contribution in [0.25, 0.3) is 0 Å². The lowest BCUT2D eigenvalue weighted by molar-refractivity contribution is -0.0528. The minimum absolute atomic E-state index is 0.0652. The van der Waals surface area contributed by atoms with Gasteiger partial charge in [-0.15, -0.1) is 0 Å². The van der Waals surface area contributed by atoms with Crippen molar-refractivity contribution in [2.75, 3.05) is 0 Å². The van der Waals surface area contributed by atoms with Crippen molar-refractivity contribution in [2.45, 2.75) is 38.7 Å². The Balaban J connectivity index is 2.99. The number of halogens is 4. The number of alkyl halides is 2. The molecule has 114 valence electrons. The third-order valence-corrected chi connectivity index (χ3v) is 4.56. The summed E-state index contributed by atoms with van der Waals surface area (Å²) in [4.78, 5) is 0. The zero-order valence-electron chi connectivity index (χ0n) is 11.2. The normalized spacial score (nSPS) is 13.6. The maximum absolute atomic E-state index is 13.6. The molecule has 8 heteroatoms. The number of rotatable bonds is 5. The molecule has 1 aromatic carbocycles. The lowest BCUT2D eigenvalue weighted by atomic mass is 10.2. The van der Waals surface area contributed by atoms with Gasteiger partial charge in [0.2, 0.25) is 0 Å². The number of nitrogens with one attached hydrogen (secondary N) is 1. The maximum Gasteiger partial charge on any atom is 0.387 e. The van der Waals surface area contributed by atoms with Gasteiger partial charge in [-0.1, -0.05) is 15.9 Å². The van der Waals surface area contributed by atoms with E-state index in [0.717, 1.165) is 6.07 Å². The Morgan fingerprint density at radius 3 is 2.50 bits per heavy atom. The summed E-state index contributed by atoms with van der Waals surface area (Å²) < 4.78 is 56.8. The van der Waals surface area contributed by atoms with Crippen LogP contribution in [0.1, 0.15) is 26.3 Å². The van der Waals surface area contributed by atoms with Gasteiger partial charge in [0.05, 0.1) is 15.7 Å². The summed E-state index contributed by atoms with van der Waals surface area (Å²) in [6, 6.07) is 2.40. The van der Waals surface area contributed by atoms with Gasteiger partial charge in [0.15, 0.2) is 11.6 Å². The van der Waals surface area contributed by atoms with E-state index in [2.05, 4.69) is 25.4 Å². The number of hydrogen-bond acceptors (Lipinski definition) is 2. The highest BCUT2D eigenvalue weighted by Crippen LogP contribution is 2.31. The Labute approximate surface area is 126 Å². The first-order valence-corrected chi connectivity index (χ1v) is 7.64. The monoisotopic (exact) mass is 373 g/mol. The van der Waals surface area contributed by atoms with Crippen LogP contribution in [-0.2, 0) is 17.5 Å². The number of benzene rings is 1. The summed E-state index contributed by atoms with van der Waals surface area (Å²) >= 11 is 3.14. The molecule has 0 aliphatic heterocycles. The molecule has 3 nitrogen and oxygen atoms in total. The molecule has 1 aromatic rings. The summed E-state index contributed by atoms with van der Waals surface area (Å²) in [6.45, 7) is 2.07. The Morgan fingerprint density at radius 1 is 1.40 bits per heavy atom. The van der Waals surface area contributed by atoms with Crippen LogP contribution in [0.2, 0.25) is 0 Å². The fourth-order valence-corrected chi connectivity index (χ4v) is 2.47. The van der Waals surface area contributed by atoms with Crippen molar-refractivity contribution in [2.24, 2.45) is 0 Å². The third kappa shape index (κ3) is 4.75. The van der Waals surface area contributed by atoms with Crippen molar-refractivity contribution in [1.29, 1.82) is 0 Å². The van der Waals surface area contributed by atoms with Gasteiger partial charge in [0.1, 0.15) is 0 Å². The summed E-state index contributed by atoms with van der Waals surface area (Å²) in [5.41, 5.74) is 0.155. The highest BCUT2D eigenvalue weighted by atomic mass is 79.9. The van der Waals surface area contributed by atoms with Crippen LogP contribution in [0.5, 0.6) is 5.75 Å². The van der Waals surface area contributed by atoms with Gasteiger partial charge in [-0.05, 0) is 32.9 Å². The second kappa shape index (κ2) is 6.91. The van der Waals surface area contributed by atoms with Crippen LogP contribution >= 0.6 is 15.9 Å². The SMILES string of the molecule is CC(C)(C)S(=O)NCc1c(Br)ccc(F)c1OC(F)F. The number of hydrogen-bond donors (Lipinski definition) is 1. The highest BCUT2D eigenvalue weighted by Gasteiger charge is 2.22. The van der Waals surface area contributed by atoms with Gasteiger partial charge in [0.25, 0.3) is 0 Å². The molecule has 0 aromatic heterocycles. The molecular weight excluding hydrogens is 359 g/mol. The van der Waals surface area contributed by atoms with Crippen LogP contribution in [0.3, 0.4) is 0 Å². The predicted octanol–water partition coefficient (Wildman–Crippen LogP) is 3.74. The van der Waals surface area contributed by atoms with E-state index in [9.17, 15) is 17.4 Å². The van der Waals surface area contributed by atoms with E-state index in [1.807, 2.05) is 0 Å². The highest BCUT2D eigenvalue weighted by molar-refractivity contribution is 9.10. The van der Waals surface area contributed by atoms with E-state index in [-0.39, 0.29) is 12.1 Å². The molecule has 0 heterocycles. The molecule has 0 saturated heterocycles. The first kappa shape index (κ1) is 17.5. The molecule has 1 unspecified atom stereocenters. The largest absolute Gasteiger partial charge is 0.431 e. The Hall–Kier alpha value is -0.600. The molecule has 20 heavy (non-hydrogen) atoms. The third-order valence-electron chi connectivity index (χ3n) is 2.30. The molecule has 0 bridgehead atoms. The van der Waals surface area contributed by atoms with Crippen molar-refractivity contribution in [3.05, 3.63) is 28.0 Å². The summed E-state index contributed by atoms with van der Waals surface area (Å²) in [6.07, 6.45) is 0. The fraction of sp³-hybridized carbons (Fsp3) is 0.500. The second-order valence-corrected chi connectivity index (χ2v) is 7.82. The van der Waals surface area contributed by atoms with E-state index >= 15 is 0 Å². The minimum Gasteiger partial charge on any atom is -0.431 e. The molecule has 0 saturated carbocycles. The average molecular weight is 374 g/mol. The van der Waals surface area contributed by atoms with Crippen LogP contribution in [0.4, 0.5) is 13.2 Å². The van der Waals surface area contributed by atoms with Gasteiger partial charge >= 0.3 is 6.61 Å². The maximum atomic E-state index is 13.6. The van der Waals surface area contributed by atoms with E-state index in [1.165, 1.54) is 6.07 Å². The minimum atomic E-state index is -3.13.